The Hall–Kier alpha value is -1.14. The first-order valence-corrected chi connectivity index (χ1v) is 8.50. The monoisotopic (exact) mass is 339 g/mol. The minimum Gasteiger partial charge on any atom is -0.497 e. The average molecular weight is 339 g/mol. The van der Waals surface area contributed by atoms with Crippen LogP contribution in [0.25, 0.3) is 0 Å². The van der Waals surface area contributed by atoms with Crippen LogP contribution in [0.4, 0.5) is 0 Å². The smallest absolute Gasteiger partial charge is 0.118 e. The summed E-state index contributed by atoms with van der Waals surface area (Å²) in [6.45, 7) is 9.26. The minimum absolute atomic E-state index is 0.238. The molecular formula is C19H33NO4. The molecule has 0 fully saturated rings. The molecule has 0 spiro atoms. The molecule has 0 saturated carbocycles. The third-order valence-electron chi connectivity index (χ3n) is 3.57. The van der Waals surface area contributed by atoms with Crippen molar-refractivity contribution in [1.29, 1.82) is 0 Å². The van der Waals surface area contributed by atoms with Crippen molar-refractivity contribution in [2.75, 3.05) is 40.5 Å². The van der Waals surface area contributed by atoms with Gasteiger partial charge >= 0.3 is 0 Å². The number of hydrogen-bond donors (Lipinski definition) is 1. The van der Waals surface area contributed by atoms with Gasteiger partial charge in [-0.3, -0.25) is 4.90 Å². The van der Waals surface area contributed by atoms with Crippen LogP contribution in [-0.2, 0) is 16.0 Å². The van der Waals surface area contributed by atoms with Crippen LogP contribution in [-0.4, -0.2) is 62.2 Å². The first-order chi connectivity index (χ1) is 11.3. The summed E-state index contributed by atoms with van der Waals surface area (Å²) < 4.78 is 16.0. The van der Waals surface area contributed by atoms with E-state index in [1.54, 1.807) is 14.2 Å². The van der Waals surface area contributed by atoms with Crippen molar-refractivity contribution in [2.24, 2.45) is 0 Å². The van der Waals surface area contributed by atoms with Gasteiger partial charge in [-0.05, 0) is 44.9 Å². The summed E-state index contributed by atoms with van der Waals surface area (Å²) in [4.78, 5) is 2.23. The van der Waals surface area contributed by atoms with E-state index in [1.807, 2.05) is 32.9 Å². The largest absolute Gasteiger partial charge is 0.497 e. The van der Waals surface area contributed by atoms with Gasteiger partial charge in [0.05, 0.1) is 25.4 Å². The highest BCUT2D eigenvalue weighted by atomic mass is 16.5. The fourth-order valence-electron chi connectivity index (χ4n) is 2.35. The summed E-state index contributed by atoms with van der Waals surface area (Å²) in [5, 5.41) is 10.3. The molecule has 0 bridgehead atoms. The molecule has 0 aliphatic carbocycles. The van der Waals surface area contributed by atoms with E-state index in [1.165, 1.54) is 5.56 Å². The van der Waals surface area contributed by atoms with Gasteiger partial charge in [-0.15, -0.1) is 0 Å². The molecule has 0 aliphatic heterocycles. The summed E-state index contributed by atoms with van der Waals surface area (Å²) in [5.74, 6) is 0.850. The topological polar surface area (TPSA) is 51.2 Å². The van der Waals surface area contributed by atoms with Crippen LogP contribution < -0.4 is 4.74 Å². The number of rotatable bonds is 11. The Morgan fingerprint density at radius 3 is 2.33 bits per heavy atom. The number of ether oxygens (including phenoxy) is 3. The molecule has 0 amide bonds. The normalized spacial score (nSPS) is 13.3. The zero-order chi connectivity index (χ0) is 18.0. The molecule has 24 heavy (non-hydrogen) atoms. The average Bonchev–Trinajstić information content (AvgIpc) is 2.53. The molecule has 1 aromatic rings. The molecule has 1 atom stereocenters. The predicted octanol–water partition coefficient (Wildman–Crippen LogP) is 2.71. The van der Waals surface area contributed by atoms with Crippen LogP contribution in [0, 0.1) is 0 Å². The molecule has 1 N–H and O–H groups in total. The van der Waals surface area contributed by atoms with Crippen LogP contribution in [0.1, 0.15) is 32.8 Å². The quantitative estimate of drug-likeness (QED) is 0.628. The lowest BCUT2D eigenvalue weighted by molar-refractivity contribution is -0.0569. The van der Waals surface area contributed by atoms with Gasteiger partial charge in [-0.2, -0.15) is 0 Å². The van der Waals surface area contributed by atoms with Gasteiger partial charge in [-0.25, -0.2) is 0 Å². The van der Waals surface area contributed by atoms with E-state index in [0.29, 0.717) is 19.8 Å². The van der Waals surface area contributed by atoms with Gasteiger partial charge in [0.1, 0.15) is 5.75 Å². The molecule has 0 heterocycles. The third kappa shape index (κ3) is 9.23. The van der Waals surface area contributed by atoms with Crippen molar-refractivity contribution in [3.63, 3.8) is 0 Å². The van der Waals surface area contributed by atoms with Crippen LogP contribution in [0.3, 0.4) is 0 Å². The molecule has 0 radical (unpaired) electrons. The second-order valence-corrected chi connectivity index (χ2v) is 7.01. The lowest BCUT2D eigenvalue weighted by atomic mass is 10.1. The Kier molecular flexibility index (Phi) is 9.29. The van der Waals surface area contributed by atoms with Gasteiger partial charge in [0.25, 0.3) is 0 Å². The van der Waals surface area contributed by atoms with Crippen molar-refractivity contribution >= 4 is 0 Å². The summed E-state index contributed by atoms with van der Waals surface area (Å²) >= 11 is 0. The number of methoxy groups -OCH3 is 2. The predicted molar refractivity (Wildman–Crippen MR) is 96.5 cm³/mol. The van der Waals surface area contributed by atoms with Gasteiger partial charge in [0.2, 0.25) is 0 Å². The van der Waals surface area contributed by atoms with Crippen molar-refractivity contribution in [1.82, 2.24) is 4.90 Å². The Bertz CT molecular complexity index is 442. The molecule has 1 rings (SSSR count). The number of aliphatic hydroxyl groups is 1. The summed E-state index contributed by atoms with van der Waals surface area (Å²) in [5.41, 5.74) is 0.954. The third-order valence-corrected chi connectivity index (χ3v) is 3.57. The molecule has 5 nitrogen and oxygen atoms in total. The SMILES string of the molecule is COCCCN(Cc1ccc(OC)cc1)C[C@@H](O)COC(C)(C)C. The second-order valence-electron chi connectivity index (χ2n) is 7.01. The molecule has 1 aromatic carbocycles. The van der Waals surface area contributed by atoms with Crippen LogP contribution in [0.2, 0.25) is 0 Å². The Morgan fingerprint density at radius 1 is 1.12 bits per heavy atom. The van der Waals surface area contributed by atoms with Gasteiger partial charge < -0.3 is 19.3 Å². The van der Waals surface area contributed by atoms with Crippen molar-refractivity contribution < 1.29 is 19.3 Å². The van der Waals surface area contributed by atoms with Crippen molar-refractivity contribution in [3.8, 4) is 5.75 Å². The van der Waals surface area contributed by atoms with Crippen molar-refractivity contribution in [3.05, 3.63) is 29.8 Å². The second kappa shape index (κ2) is 10.7. The zero-order valence-electron chi connectivity index (χ0n) is 15.7. The molecule has 138 valence electrons. The maximum Gasteiger partial charge on any atom is 0.118 e. The highest BCUT2D eigenvalue weighted by molar-refractivity contribution is 5.27. The molecular weight excluding hydrogens is 306 g/mol. The molecule has 0 unspecified atom stereocenters. The number of benzene rings is 1. The minimum atomic E-state index is -0.509. The van der Waals surface area contributed by atoms with E-state index in [2.05, 4.69) is 17.0 Å². The molecule has 0 aliphatic rings. The summed E-state index contributed by atoms with van der Waals surface area (Å²) in [6.07, 6.45) is 0.421. The van der Waals surface area contributed by atoms with Crippen molar-refractivity contribution in [2.45, 2.75) is 45.4 Å². The van der Waals surface area contributed by atoms with E-state index in [0.717, 1.165) is 25.3 Å². The molecule has 0 saturated heterocycles. The van der Waals surface area contributed by atoms with Gasteiger partial charge in [-0.1, -0.05) is 12.1 Å². The summed E-state index contributed by atoms with van der Waals surface area (Å²) in [6, 6.07) is 8.03. The lowest BCUT2D eigenvalue weighted by Gasteiger charge is -2.27. The van der Waals surface area contributed by atoms with Crippen LogP contribution in [0.5, 0.6) is 5.75 Å². The lowest BCUT2D eigenvalue weighted by Crippen LogP contribution is -2.37. The number of aliphatic hydroxyl groups excluding tert-OH is 1. The fraction of sp³-hybridized carbons (Fsp3) is 0.684. The first-order valence-electron chi connectivity index (χ1n) is 8.50. The fourth-order valence-corrected chi connectivity index (χ4v) is 2.35. The van der Waals surface area contributed by atoms with E-state index in [4.69, 9.17) is 14.2 Å². The van der Waals surface area contributed by atoms with E-state index < -0.39 is 6.10 Å². The Balaban J connectivity index is 2.57. The van der Waals surface area contributed by atoms with E-state index in [-0.39, 0.29) is 5.60 Å². The zero-order valence-corrected chi connectivity index (χ0v) is 15.7. The van der Waals surface area contributed by atoms with E-state index in [9.17, 15) is 5.11 Å². The van der Waals surface area contributed by atoms with Crippen LogP contribution >= 0.6 is 0 Å². The van der Waals surface area contributed by atoms with Crippen LogP contribution in [0.15, 0.2) is 24.3 Å². The Morgan fingerprint density at radius 2 is 1.79 bits per heavy atom. The number of nitrogens with zero attached hydrogens (tertiary/aromatic N) is 1. The van der Waals surface area contributed by atoms with E-state index >= 15 is 0 Å². The number of hydrogen-bond acceptors (Lipinski definition) is 5. The first kappa shape index (κ1) is 20.9. The maximum atomic E-state index is 10.3. The van der Waals surface area contributed by atoms with Gasteiger partial charge in [0, 0.05) is 33.4 Å². The maximum absolute atomic E-state index is 10.3. The Labute approximate surface area is 146 Å². The molecule has 5 heteroatoms. The standard InChI is InChI=1S/C19H33NO4/c1-19(2,3)24-15-17(21)14-20(11-6-12-22-4)13-16-7-9-18(23-5)10-8-16/h7-10,17,21H,6,11-15H2,1-5H3/t17-/m1/s1. The summed E-state index contributed by atoms with van der Waals surface area (Å²) in [7, 11) is 3.37. The molecule has 0 aromatic heterocycles. The highest BCUT2D eigenvalue weighted by Crippen LogP contribution is 2.14. The van der Waals surface area contributed by atoms with Gasteiger partial charge in [0.15, 0.2) is 0 Å². The highest BCUT2D eigenvalue weighted by Gasteiger charge is 2.16.